The van der Waals surface area contributed by atoms with Gasteiger partial charge in [0.25, 0.3) is 0 Å². The molecule has 1 aliphatic heterocycles. The van der Waals surface area contributed by atoms with Crippen molar-refractivity contribution in [3.05, 3.63) is 30.1 Å². The molecule has 1 atom stereocenters. The van der Waals surface area contributed by atoms with Crippen LogP contribution < -0.4 is 5.32 Å². The van der Waals surface area contributed by atoms with Gasteiger partial charge in [0.2, 0.25) is 11.8 Å². The Balaban J connectivity index is 1.94. The van der Waals surface area contributed by atoms with Crippen LogP contribution in [0.5, 0.6) is 0 Å². The third-order valence-corrected chi connectivity index (χ3v) is 4.71. The number of nitrogens with zero attached hydrogens (tertiary/aromatic N) is 2. The number of pyridine rings is 1. The van der Waals surface area contributed by atoms with Crippen molar-refractivity contribution in [2.45, 2.75) is 57.2 Å². The lowest BCUT2D eigenvalue weighted by Crippen LogP contribution is -2.69. The van der Waals surface area contributed by atoms with Crippen LogP contribution in [0.4, 0.5) is 0 Å². The van der Waals surface area contributed by atoms with E-state index in [9.17, 15) is 9.59 Å². The molecule has 0 radical (unpaired) electrons. The maximum absolute atomic E-state index is 12.8. The van der Waals surface area contributed by atoms with Gasteiger partial charge in [0, 0.05) is 18.9 Å². The van der Waals surface area contributed by atoms with E-state index in [2.05, 4.69) is 10.3 Å². The van der Waals surface area contributed by atoms with Gasteiger partial charge in [0.15, 0.2) is 0 Å². The molecule has 2 aliphatic rings. The predicted octanol–water partition coefficient (Wildman–Crippen LogP) is 1.63. The Labute approximate surface area is 124 Å². The highest BCUT2D eigenvalue weighted by atomic mass is 16.2. The Hall–Kier alpha value is -1.91. The van der Waals surface area contributed by atoms with Gasteiger partial charge in [-0.25, -0.2) is 0 Å². The third-order valence-electron chi connectivity index (χ3n) is 4.71. The summed E-state index contributed by atoms with van der Waals surface area (Å²) in [6.07, 6.45) is 7.65. The highest BCUT2D eigenvalue weighted by Crippen LogP contribution is 2.39. The molecule has 0 aromatic carbocycles. The van der Waals surface area contributed by atoms with E-state index in [-0.39, 0.29) is 17.9 Å². The molecule has 1 saturated carbocycles. The van der Waals surface area contributed by atoms with Crippen molar-refractivity contribution in [3.8, 4) is 0 Å². The first-order valence-electron chi connectivity index (χ1n) is 7.69. The lowest BCUT2D eigenvalue weighted by molar-refractivity contribution is -0.158. The van der Waals surface area contributed by atoms with Gasteiger partial charge < -0.3 is 10.2 Å². The number of rotatable bonds is 3. The Morgan fingerprint density at radius 2 is 2.14 bits per heavy atom. The maximum atomic E-state index is 12.8. The summed E-state index contributed by atoms with van der Waals surface area (Å²) in [7, 11) is 0. The Bertz CT molecular complexity index is 538. The second kappa shape index (κ2) is 5.47. The van der Waals surface area contributed by atoms with Crippen LogP contribution in [0.15, 0.2) is 24.5 Å². The molecular formula is C16H21N3O2. The van der Waals surface area contributed by atoms with E-state index in [1.54, 1.807) is 12.4 Å². The number of carbonyl (C=O) groups excluding carboxylic acids is 2. The molecule has 1 spiro atoms. The van der Waals surface area contributed by atoms with Crippen LogP contribution >= 0.6 is 0 Å². The van der Waals surface area contributed by atoms with Crippen molar-refractivity contribution >= 4 is 11.8 Å². The average Bonchev–Trinajstić information content (AvgIpc) is 2.99. The number of hydrogen-bond acceptors (Lipinski definition) is 3. The zero-order valence-corrected chi connectivity index (χ0v) is 12.3. The first-order chi connectivity index (χ1) is 10.2. The minimum atomic E-state index is -0.640. The summed E-state index contributed by atoms with van der Waals surface area (Å²) in [5.74, 6) is 0.0678. The minimum Gasteiger partial charge on any atom is -0.342 e. The van der Waals surface area contributed by atoms with E-state index < -0.39 is 5.54 Å². The van der Waals surface area contributed by atoms with Crippen LogP contribution in [-0.2, 0) is 16.1 Å². The first kappa shape index (κ1) is 14.0. The Morgan fingerprint density at radius 3 is 2.76 bits per heavy atom. The average molecular weight is 287 g/mol. The lowest BCUT2D eigenvalue weighted by Gasteiger charge is -2.46. The SMILES string of the molecule is CCC1NC(=O)C2(CCCC2)N(Cc2cccnc2)C1=O. The second-order valence-electron chi connectivity index (χ2n) is 5.96. The second-order valence-corrected chi connectivity index (χ2v) is 5.96. The molecule has 1 aromatic heterocycles. The molecule has 0 bridgehead atoms. The van der Waals surface area contributed by atoms with Crippen molar-refractivity contribution in [2.24, 2.45) is 0 Å². The number of amides is 2. The topological polar surface area (TPSA) is 62.3 Å². The van der Waals surface area contributed by atoms with Gasteiger partial charge in [-0.1, -0.05) is 25.8 Å². The highest BCUT2D eigenvalue weighted by Gasteiger charge is 2.53. The molecule has 1 saturated heterocycles. The van der Waals surface area contributed by atoms with Gasteiger partial charge in [-0.3, -0.25) is 14.6 Å². The highest BCUT2D eigenvalue weighted by molar-refractivity contribution is 6.00. The van der Waals surface area contributed by atoms with Crippen molar-refractivity contribution in [1.29, 1.82) is 0 Å². The normalized spacial score (nSPS) is 24.4. The summed E-state index contributed by atoms with van der Waals surface area (Å²) in [6, 6.07) is 3.43. The van der Waals surface area contributed by atoms with E-state index in [0.29, 0.717) is 13.0 Å². The molecular weight excluding hydrogens is 266 g/mol. The molecule has 1 N–H and O–H groups in total. The number of nitrogens with one attached hydrogen (secondary N) is 1. The van der Waals surface area contributed by atoms with E-state index >= 15 is 0 Å². The Kier molecular flexibility index (Phi) is 3.66. The quantitative estimate of drug-likeness (QED) is 0.919. The number of aromatic nitrogens is 1. The molecule has 2 heterocycles. The number of carbonyl (C=O) groups is 2. The maximum Gasteiger partial charge on any atom is 0.246 e. The van der Waals surface area contributed by atoms with Gasteiger partial charge in [0.05, 0.1) is 0 Å². The molecule has 112 valence electrons. The van der Waals surface area contributed by atoms with Crippen molar-refractivity contribution in [3.63, 3.8) is 0 Å². The summed E-state index contributed by atoms with van der Waals surface area (Å²) in [4.78, 5) is 31.3. The number of piperazine rings is 1. The van der Waals surface area contributed by atoms with Crippen LogP contribution in [0, 0.1) is 0 Å². The Morgan fingerprint density at radius 1 is 1.38 bits per heavy atom. The zero-order chi connectivity index (χ0) is 14.9. The summed E-state index contributed by atoms with van der Waals surface area (Å²) >= 11 is 0. The lowest BCUT2D eigenvalue weighted by atomic mass is 9.88. The van der Waals surface area contributed by atoms with Gasteiger partial charge in [-0.2, -0.15) is 0 Å². The fourth-order valence-electron chi connectivity index (χ4n) is 3.51. The molecule has 5 heteroatoms. The van der Waals surface area contributed by atoms with Crippen molar-refractivity contribution in [1.82, 2.24) is 15.2 Å². The van der Waals surface area contributed by atoms with E-state index in [1.165, 1.54) is 0 Å². The molecule has 1 aromatic rings. The van der Waals surface area contributed by atoms with E-state index in [4.69, 9.17) is 0 Å². The predicted molar refractivity (Wildman–Crippen MR) is 78.2 cm³/mol. The standard InChI is InChI=1S/C16H21N3O2/c1-2-13-14(20)19(11-12-6-5-9-17-10-12)16(15(21)18-13)7-3-4-8-16/h5-6,9-10,13H,2-4,7-8,11H2,1H3,(H,18,21). The smallest absolute Gasteiger partial charge is 0.246 e. The summed E-state index contributed by atoms with van der Waals surface area (Å²) < 4.78 is 0. The van der Waals surface area contributed by atoms with Crippen molar-refractivity contribution in [2.75, 3.05) is 0 Å². The van der Waals surface area contributed by atoms with Crippen LogP contribution in [-0.4, -0.2) is 33.3 Å². The van der Waals surface area contributed by atoms with Crippen LogP contribution in [0.1, 0.15) is 44.6 Å². The molecule has 5 nitrogen and oxygen atoms in total. The molecule has 1 unspecified atom stereocenters. The van der Waals surface area contributed by atoms with Crippen molar-refractivity contribution < 1.29 is 9.59 Å². The molecule has 21 heavy (non-hydrogen) atoms. The van der Waals surface area contributed by atoms with Gasteiger partial charge in [-0.05, 0) is 30.9 Å². The third kappa shape index (κ3) is 2.30. The summed E-state index contributed by atoms with van der Waals surface area (Å²) in [6.45, 7) is 2.40. The van der Waals surface area contributed by atoms with Crippen LogP contribution in [0.3, 0.4) is 0 Å². The molecule has 2 fully saturated rings. The fourth-order valence-corrected chi connectivity index (χ4v) is 3.51. The monoisotopic (exact) mass is 287 g/mol. The van der Waals surface area contributed by atoms with E-state index in [0.717, 1.165) is 31.2 Å². The van der Waals surface area contributed by atoms with Gasteiger partial charge in [-0.15, -0.1) is 0 Å². The minimum absolute atomic E-state index is 0.0235. The summed E-state index contributed by atoms with van der Waals surface area (Å²) in [5.41, 5.74) is 0.333. The van der Waals surface area contributed by atoms with Gasteiger partial charge in [0.1, 0.15) is 11.6 Å². The van der Waals surface area contributed by atoms with Crippen LogP contribution in [0.2, 0.25) is 0 Å². The first-order valence-corrected chi connectivity index (χ1v) is 7.69. The fraction of sp³-hybridized carbons (Fsp3) is 0.562. The molecule has 2 amide bonds. The zero-order valence-electron chi connectivity index (χ0n) is 12.3. The molecule has 3 rings (SSSR count). The summed E-state index contributed by atoms with van der Waals surface area (Å²) in [5, 5.41) is 2.92. The van der Waals surface area contributed by atoms with E-state index in [1.807, 2.05) is 24.0 Å². The molecule has 1 aliphatic carbocycles. The van der Waals surface area contributed by atoms with Crippen LogP contribution in [0.25, 0.3) is 0 Å². The number of hydrogen-bond donors (Lipinski definition) is 1. The van der Waals surface area contributed by atoms with Gasteiger partial charge >= 0.3 is 0 Å². The largest absolute Gasteiger partial charge is 0.342 e.